The predicted molar refractivity (Wildman–Crippen MR) is 41.3 cm³/mol. The van der Waals surface area contributed by atoms with E-state index in [9.17, 15) is 0 Å². The Balaban J connectivity index is 3.54. The van der Waals surface area contributed by atoms with Crippen LogP contribution in [-0.2, 0) is 28.1 Å². The van der Waals surface area contributed by atoms with Crippen LogP contribution in [0.4, 0.5) is 0 Å². The molecule has 1 aromatic heterocycles. The van der Waals surface area contributed by atoms with Crippen LogP contribution in [0.1, 0.15) is 0 Å². The molecule has 1 aromatic rings. The molecule has 0 radical (unpaired) electrons. The summed E-state index contributed by atoms with van der Waals surface area (Å²) >= 11 is 6.44. The largest absolute Gasteiger partial charge is 0.333 e. The Morgan fingerprint density at radius 3 is 2.88 bits per heavy atom. The molecule has 0 aliphatic heterocycles. The lowest BCUT2D eigenvalue weighted by molar-refractivity contribution is 0.920. The summed E-state index contributed by atoms with van der Waals surface area (Å²) < 4.78 is 3.18. The average Bonchev–Trinajstić information content (AvgIpc) is 2.14. The van der Waals surface area contributed by atoms with Crippen molar-refractivity contribution in [3.8, 4) is 0 Å². The Morgan fingerprint density at radius 1 is 1.88 bits per heavy atom. The van der Waals surface area contributed by atoms with Gasteiger partial charge in [-0.15, -0.1) is 11.3 Å². The van der Waals surface area contributed by atoms with Gasteiger partial charge in [0.2, 0.25) is 0 Å². The Hall–Kier alpha value is 0.0700. The molecular weight excluding hydrogens is 158 g/mol. The number of rotatable bonds is 0. The maximum Gasteiger partial charge on any atom is 0.161 e. The second kappa shape index (κ2) is 2.57. The third kappa shape index (κ3) is 1.07. The SMILES string of the molecule is Cn1ccsc1=S=S. The van der Waals surface area contributed by atoms with Crippen molar-refractivity contribution < 1.29 is 0 Å². The molecule has 0 aromatic carbocycles. The Kier molecular flexibility index (Phi) is 1.99. The zero-order valence-electron chi connectivity index (χ0n) is 4.33. The molecule has 44 valence electrons. The van der Waals surface area contributed by atoms with Crippen LogP contribution in [0.2, 0.25) is 0 Å². The summed E-state index contributed by atoms with van der Waals surface area (Å²) in [5.41, 5.74) is 0. The first kappa shape index (κ1) is 6.19. The van der Waals surface area contributed by atoms with Crippen molar-refractivity contribution in [2.24, 2.45) is 7.05 Å². The van der Waals surface area contributed by atoms with Gasteiger partial charge in [0.25, 0.3) is 0 Å². The number of thiazole rings is 1. The van der Waals surface area contributed by atoms with Crippen LogP contribution in [0.25, 0.3) is 0 Å². The van der Waals surface area contributed by atoms with Crippen LogP contribution in [0.15, 0.2) is 11.6 Å². The highest BCUT2D eigenvalue weighted by atomic mass is 32.8. The van der Waals surface area contributed by atoms with E-state index in [2.05, 4.69) is 0 Å². The van der Waals surface area contributed by atoms with Crippen molar-refractivity contribution in [1.82, 2.24) is 4.57 Å². The van der Waals surface area contributed by atoms with E-state index in [1.807, 2.05) is 23.2 Å². The lowest BCUT2D eigenvalue weighted by Gasteiger charge is -1.80. The maximum absolute atomic E-state index is 4.77. The summed E-state index contributed by atoms with van der Waals surface area (Å²) in [5.74, 6) is 0. The second-order valence-electron chi connectivity index (χ2n) is 1.36. The van der Waals surface area contributed by atoms with E-state index in [0.717, 1.165) is 0 Å². The molecule has 1 nitrogen and oxygen atoms in total. The summed E-state index contributed by atoms with van der Waals surface area (Å²) in [7, 11) is 3.36. The second-order valence-corrected chi connectivity index (χ2v) is 3.57. The van der Waals surface area contributed by atoms with Crippen LogP contribution in [0.5, 0.6) is 0 Å². The molecule has 0 spiro atoms. The van der Waals surface area contributed by atoms with Crippen molar-refractivity contribution in [1.29, 1.82) is 0 Å². The molecule has 4 heteroatoms. The zero-order valence-corrected chi connectivity index (χ0v) is 6.78. The minimum absolute atomic E-state index is 1.17. The minimum atomic E-state index is 1.17. The van der Waals surface area contributed by atoms with Crippen LogP contribution >= 0.6 is 11.3 Å². The normalized spacial score (nSPS) is 9.12. The fraction of sp³-hybridized carbons (Fsp3) is 0.250. The molecule has 0 saturated carbocycles. The van der Waals surface area contributed by atoms with Crippen molar-refractivity contribution in [3.63, 3.8) is 0 Å². The molecular formula is C4H5NS3. The summed E-state index contributed by atoms with van der Waals surface area (Å²) in [5, 5.41) is 2.02. The summed E-state index contributed by atoms with van der Waals surface area (Å²) in [6.45, 7) is 0. The topological polar surface area (TPSA) is 4.93 Å². The first-order chi connectivity index (χ1) is 3.84. The molecule has 8 heavy (non-hydrogen) atoms. The Labute approximate surface area is 59.8 Å². The van der Waals surface area contributed by atoms with Gasteiger partial charge in [0.1, 0.15) is 0 Å². The van der Waals surface area contributed by atoms with Crippen LogP contribution in [0.3, 0.4) is 0 Å². The first-order valence-electron chi connectivity index (χ1n) is 2.07. The Bertz CT molecular complexity index is 252. The third-order valence-corrected chi connectivity index (χ3v) is 3.32. The fourth-order valence-electron chi connectivity index (χ4n) is 0.402. The standard InChI is InChI=1S/C4H5NS3/c1-5-2-3-7-4(5)8-6/h2-3H,1H3. The van der Waals surface area contributed by atoms with Gasteiger partial charge in [0, 0.05) is 18.6 Å². The quantitative estimate of drug-likeness (QED) is 0.520. The highest BCUT2D eigenvalue weighted by molar-refractivity contribution is 8.13. The third-order valence-electron chi connectivity index (χ3n) is 0.813. The van der Waals surface area contributed by atoms with E-state index in [1.165, 1.54) is 13.9 Å². The van der Waals surface area contributed by atoms with Crippen LogP contribution in [-0.4, -0.2) is 4.57 Å². The molecule has 1 rings (SSSR count). The number of aryl methyl sites for hydroxylation is 1. The zero-order chi connectivity index (χ0) is 5.98. The van der Waals surface area contributed by atoms with Gasteiger partial charge < -0.3 is 4.57 Å². The highest BCUT2D eigenvalue weighted by Gasteiger charge is 1.79. The molecule has 0 atom stereocenters. The summed E-state index contributed by atoms with van der Waals surface area (Å²) in [4.78, 5) is 0. The number of hydrogen-bond donors (Lipinski definition) is 0. The van der Waals surface area contributed by atoms with E-state index in [1.54, 1.807) is 11.3 Å². The predicted octanol–water partition coefficient (Wildman–Crippen LogP) is 1.16. The Morgan fingerprint density at radius 2 is 2.62 bits per heavy atom. The van der Waals surface area contributed by atoms with Crippen molar-refractivity contribution >= 4 is 32.4 Å². The van der Waals surface area contributed by atoms with E-state index in [0.29, 0.717) is 0 Å². The molecule has 0 bridgehead atoms. The van der Waals surface area contributed by atoms with Crippen LogP contribution in [0, 0.1) is 3.95 Å². The van der Waals surface area contributed by atoms with Gasteiger partial charge in [-0.1, -0.05) is 0 Å². The fourth-order valence-corrected chi connectivity index (χ4v) is 2.20. The number of hydrogen-bond acceptors (Lipinski definition) is 2. The molecule has 0 aliphatic carbocycles. The summed E-state index contributed by atoms with van der Waals surface area (Å²) in [6, 6.07) is 0. The van der Waals surface area contributed by atoms with Crippen molar-refractivity contribution in [2.45, 2.75) is 0 Å². The maximum atomic E-state index is 4.77. The molecule has 0 saturated heterocycles. The van der Waals surface area contributed by atoms with E-state index >= 15 is 0 Å². The molecule has 0 amide bonds. The van der Waals surface area contributed by atoms with Gasteiger partial charge in [0.05, 0.1) is 0 Å². The monoisotopic (exact) mass is 163 g/mol. The van der Waals surface area contributed by atoms with Crippen molar-refractivity contribution in [2.75, 3.05) is 0 Å². The van der Waals surface area contributed by atoms with Crippen molar-refractivity contribution in [3.05, 3.63) is 15.5 Å². The molecule has 0 N–H and O–H groups in total. The van der Waals surface area contributed by atoms with E-state index in [-0.39, 0.29) is 0 Å². The number of aromatic nitrogens is 1. The molecule has 0 fully saturated rings. The lowest BCUT2D eigenvalue weighted by Crippen LogP contribution is -1.80. The summed E-state index contributed by atoms with van der Waals surface area (Å²) in [6.07, 6.45) is 2.00. The lowest BCUT2D eigenvalue weighted by atomic mass is 10.9. The van der Waals surface area contributed by atoms with Gasteiger partial charge in [-0.05, 0) is 21.1 Å². The smallest absolute Gasteiger partial charge is 0.161 e. The average molecular weight is 163 g/mol. The van der Waals surface area contributed by atoms with E-state index < -0.39 is 0 Å². The molecule has 0 aliphatic rings. The first-order valence-corrected chi connectivity index (χ1v) is 4.69. The van der Waals surface area contributed by atoms with Gasteiger partial charge in [0.15, 0.2) is 3.95 Å². The van der Waals surface area contributed by atoms with Gasteiger partial charge >= 0.3 is 0 Å². The molecule has 0 unspecified atom stereocenters. The van der Waals surface area contributed by atoms with E-state index in [4.69, 9.17) is 11.2 Å². The van der Waals surface area contributed by atoms with Gasteiger partial charge in [-0.2, -0.15) is 0 Å². The minimum Gasteiger partial charge on any atom is -0.333 e. The molecule has 1 heterocycles. The number of nitrogens with zero attached hydrogens (tertiary/aromatic N) is 1. The van der Waals surface area contributed by atoms with Gasteiger partial charge in [-0.25, -0.2) is 0 Å². The highest BCUT2D eigenvalue weighted by Crippen LogP contribution is 1.96. The van der Waals surface area contributed by atoms with Gasteiger partial charge in [-0.3, -0.25) is 0 Å². The van der Waals surface area contributed by atoms with Crippen LogP contribution < -0.4 is 0 Å².